The van der Waals surface area contributed by atoms with E-state index < -0.39 is 5.25 Å². The van der Waals surface area contributed by atoms with E-state index in [9.17, 15) is 9.59 Å². The predicted octanol–water partition coefficient (Wildman–Crippen LogP) is 4.95. The Morgan fingerprint density at radius 1 is 1.06 bits per heavy atom. The number of rotatable bonds is 6. The van der Waals surface area contributed by atoms with Crippen LogP contribution in [-0.4, -0.2) is 30.7 Å². The van der Waals surface area contributed by atoms with Gasteiger partial charge in [0, 0.05) is 12.6 Å². The van der Waals surface area contributed by atoms with E-state index in [2.05, 4.69) is 36.3 Å². The Bertz CT molecular complexity index is 1400. The molecule has 0 saturated carbocycles. The second-order valence-electron chi connectivity index (χ2n) is 9.39. The lowest BCUT2D eigenvalue weighted by atomic mass is 9.87. The van der Waals surface area contributed by atoms with Crippen molar-refractivity contribution in [2.24, 2.45) is 7.05 Å². The average Bonchev–Trinajstić information content (AvgIpc) is 3.37. The van der Waals surface area contributed by atoms with Gasteiger partial charge < -0.3 is 9.73 Å². The van der Waals surface area contributed by atoms with E-state index in [0.29, 0.717) is 11.6 Å². The molecule has 8 nitrogen and oxygen atoms in total. The molecule has 4 rings (SSSR count). The molecule has 0 aliphatic carbocycles. The number of amides is 1. The molecule has 0 fully saturated rings. The van der Waals surface area contributed by atoms with E-state index >= 15 is 0 Å². The number of thioether (sulfide) groups is 1. The van der Waals surface area contributed by atoms with Crippen LogP contribution in [0, 0.1) is 6.92 Å². The van der Waals surface area contributed by atoms with Crippen LogP contribution in [0.5, 0.6) is 0 Å². The van der Waals surface area contributed by atoms with Gasteiger partial charge in [-0.2, -0.15) is 0 Å². The quantitative estimate of drug-likeness (QED) is 0.384. The number of hydrogen-bond donors (Lipinski definition) is 1. The first-order chi connectivity index (χ1) is 16.6. The summed E-state index contributed by atoms with van der Waals surface area (Å²) in [7, 11) is 1.78. The standard InChI is InChI=1S/C26H29N5O3S/c1-16-21(24(33)31(30(16)6)20-10-8-7-9-11-20)27-22(32)17(2)35-25-29-28-23(34-25)18-12-14-19(15-13-18)26(3,4)5/h7-15,17H,1-6H3,(H,27,32)/t17-/m0/s1. The van der Waals surface area contributed by atoms with Gasteiger partial charge in [-0.15, -0.1) is 10.2 Å². The maximum Gasteiger partial charge on any atom is 0.295 e. The van der Waals surface area contributed by atoms with Gasteiger partial charge in [-0.25, -0.2) is 4.68 Å². The molecule has 0 aliphatic rings. The molecular formula is C26H29N5O3S. The monoisotopic (exact) mass is 491 g/mol. The summed E-state index contributed by atoms with van der Waals surface area (Å²) in [6, 6.07) is 17.3. The number of aromatic nitrogens is 4. The van der Waals surface area contributed by atoms with Crippen molar-refractivity contribution in [3.63, 3.8) is 0 Å². The second kappa shape index (κ2) is 9.58. The van der Waals surface area contributed by atoms with Crippen molar-refractivity contribution in [1.82, 2.24) is 19.6 Å². The summed E-state index contributed by atoms with van der Waals surface area (Å²) >= 11 is 1.14. The molecule has 0 unspecified atom stereocenters. The van der Waals surface area contributed by atoms with Crippen LogP contribution >= 0.6 is 11.8 Å². The zero-order valence-corrected chi connectivity index (χ0v) is 21.5. The van der Waals surface area contributed by atoms with Crippen molar-refractivity contribution < 1.29 is 9.21 Å². The molecule has 1 amide bonds. The zero-order chi connectivity index (χ0) is 25.3. The van der Waals surface area contributed by atoms with Crippen LogP contribution in [0.2, 0.25) is 0 Å². The number of nitrogens with zero attached hydrogens (tertiary/aromatic N) is 4. The molecule has 0 spiro atoms. The third kappa shape index (κ3) is 5.09. The summed E-state index contributed by atoms with van der Waals surface area (Å²) in [5, 5.41) is 10.7. The number of carbonyl (C=O) groups is 1. The molecular weight excluding hydrogens is 462 g/mol. The van der Waals surface area contributed by atoms with E-state index in [-0.39, 0.29) is 27.8 Å². The molecule has 1 atom stereocenters. The average molecular weight is 492 g/mol. The summed E-state index contributed by atoms with van der Waals surface area (Å²) in [4.78, 5) is 26.0. The summed E-state index contributed by atoms with van der Waals surface area (Å²) in [6.45, 7) is 10.00. The van der Waals surface area contributed by atoms with E-state index in [1.807, 2.05) is 54.6 Å². The van der Waals surface area contributed by atoms with Crippen molar-refractivity contribution in [1.29, 1.82) is 0 Å². The molecule has 4 aromatic rings. The SMILES string of the molecule is Cc1c(NC(=O)[C@H](C)Sc2nnc(-c3ccc(C(C)(C)C)cc3)o2)c(=O)n(-c2ccccc2)n1C. The van der Waals surface area contributed by atoms with Crippen LogP contribution in [-0.2, 0) is 17.3 Å². The van der Waals surface area contributed by atoms with Gasteiger partial charge in [-0.3, -0.25) is 14.3 Å². The Kier molecular flexibility index (Phi) is 6.71. The Balaban J connectivity index is 1.47. The van der Waals surface area contributed by atoms with Crippen LogP contribution in [0.4, 0.5) is 5.69 Å². The number of para-hydroxylation sites is 1. The summed E-state index contributed by atoms with van der Waals surface area (Å²) in [5.74, 6) is 0.0699. The highest BCUT2D eigenvalue weighted by molar-refractivity contribution is 8.00. The van der Waals surface area contributed by atoms with E-state index in [1.165, 1.54) is 10.2 Å². The molecule has 0 radical (unpaired) electrons. The van der Waals surface area contributed by atoms with Crippen molar-refractivity contribution in [3.8, 4) is 17.1 Å². The lowest BCUT2D eigenvalue weighted by Gasteiger charge is -2.18. The highest BCUT2D eigenvalue weighted by atomic mass is 32.2. The molecule has 0 saturated heterocycles. The van der Waals surface area contributed by atoms with Crippen LogP contribution in [0.25, 0.3) is 17.1 Å². The lowest BCUT2D eigenvalue weighted by Crippen LogP contribution is -2.27. The minimum Gasteiger partial charge on any atom is -0.411 e. The van der Waals surface area contributed by atoms with Gasteiger partial charge in [0.1, 0.15) is 5.69 Å². The lowest BCUT2D eigenvalue weighted by molar-refractivity contribution is -0.115. The van der Waals surface area contributed by atoms with Crippen LogP contribution in [0.3, 0.4) is 0 Å². The van der Waals surface area contributed by atoms with Crippen LogP contribution < -0.4 is 10.9 Å². The Labute approximate surface area is 208 Å². The molecule has 0 aliphatic heterocycles. The van der Waals surface area contributed by atoms with Gasteiger partial charge >= 0.3 is 0 Å². The van der Waals surface area contributed by atoms with Gasteiger partial charge in [-0.1, -0.05) is 62.9 Å². The molecule has 9 heteroatoms. The summed E-state index contributed by atoms with van der Waals surface area (Å²) < 4.78 is 9.03. The molecule has 2 aromatic carbocycles. The Morgan fingerprint density at radius 2 is 1.71 bits per heavy atom. The first-order valence-corrected chi connectivity index (χ1v) is 12.2. The number of hydrogen-bond acceptors (Lipinski definition) is 6. The van der Waals surface area contributed by atoms with Crippen LogP contribution in [0.1, 0.15) is 39.0 Å². The zero-order valence-electron chi connectivity index (χ0n) is 20.7. The van der Waals surface area contributed by atoms with Crippen molar-refractivity contribution in [3.05, 3.63) is 76.2 Å². The fraction of sp³-hybridized carbons (Fsp3) is 0.308. The molecule has 2 heterocycles. The van der Waals surface area contributed by atoms with E-state index in [1.54, 1.807) is 25.6 Å². The van der Waals surface area contributed by atoms with Gasteiger partial charge in [-0.05, 0) is 49.1 Å². The number of carbonyl (C=O) groups excluding carboxylic acids is 1. The maximum atomic E-state index is 13.1. The summed E-state index contributed by atoms with van der Waals surface area (Å²) in [6.07, 6.45) is 0. The minimum atomic E-state index is -0.559. The van der Waals surface area contributed by atoms with Gasteiger partial charge in [0.15, 0.2) is 0 Å². The van der Waals surface area contributed by atoms with Gasteiger partial charge in [0.2, 0.25) is 11.8 Å². The topological polar surface area (TPSA) is 95.0 Å². The highest BCUT2D eigenvalue weighted by Crippen LogP contribution is 2.29. The first-order valence-electron chi connectivity index (χ1n) is 11.3. The predicted molar refractivity (Wildman–Crippen MR) is 138 cm³/mol. The first kappa shape index (κ1) is 24.5. The normalized spacial score (nSPS) is 12.5. The van der Waals surface area contributed by atoms with Gasteiger partial charge in [0.25, 0.3) is 10.8 Å². The third-order valence-electron chi connectivity index (χ3n) is 5.85. The third-order valence-corrected chi connectivity index (χ3v) is 6.79. The molecule has 2 aromatic heterocycles. The van der Waals surface area contributed by atoms with Crippen molar-refractivity contribution >= 4 is 23.4 Å². The smallest absolute Gasteiger partial charge is 0.295 e. The molecule has 0 bridgehead atoms. The fourth-order valence-electron chi connectivity index (χ4n) is 3.63. The fourth-order valence-corrected chi connectivity index (χ4v) is 4.31. The van der Waals surface area contributed by atoms with Gasteiger partial charge in [0.05, 0.1) is 16.6 Å². The maximum absolute atomic E-state index is 13.1. The number of nitrogens with one attached hydrogen (secondary N) is 1. The van der Waals surface area contributed by atoms with E-state index in [0.717, 1.165) is 23.0 Å². The van der Waals surface area contributed by atoms with Crippen LogP contribution in [0.15, 0.2) is 69.0 Å². The Hall–Kier alpha value is -3.59. The molecule has 35 heavy (non-hydrogen) atoms. The number of anilines is 1. The molecule has 182 valence electrons. The number of benzene rings is 2. The van der Waals surface area contributed by atoms with E-state index in [4.69, 9.17) is 4.42 Å². The highest BCUT2D eigenvalue weighted by Gasteiger charge is 2.23. The Morgan fingerprint density at radius 3 is 2.34 bits per heavy atom. The van der Waals surface area contributed by atoms with Crippen molar-refractivity contribution in [2.75, 3.05) is 5.32 Å². The second-order valence-corrected chi connectivity index (χ2v) is 10.7. The minimum absolute atomic E-state index is 0.0542. The molecule has 1 N–H and O–H groups in total. The summed E-state index contributed by atoms with van der Waals surface area (Å²) in [5.41, 5.74) is 3.42. The van der Waals surface area contributed by atoms with Crippen molar-refractivity contribution in [2.45, 2.75) is 50.5 Å². The largest absolute Gasteiger partial charge is 0.411 e.